The quantitative estimate of drug-likeness (QED) is 0.863. The number of hydrogen-bond acceptors (Lipinski definition) is 6. The second-order valence-electron chi connectivity index (χ2n) is 4.80. The zero-order chi connectivity index (χ0) is 17.7. The first-order valence-electron chi connectivity index (χ1n) is 6.93. The van der Waals surface area contributed by atoms with Crippen LogP contribution in [-0.2, 0) is 9.84 Å². The van der Waals surface area contributed by atoms with Gasteiger partial charge in [-0.25, -0.2) is 8.42 Å². The van der Waals surface area contributed by atoms with Crippen LogP contribution in [0.25, 0.3) is 6.08 Å². The molecule has 0 bridgehead atoms. The molecule has 0 amide bonds. The summed E-state index contributed by atoms with van der Waals surface area (Å²) < 4.78 is 40.6. The summed E-state index contributed by atoms with van der Waals surface area (Å²) in [4.78, 5) is 0.0204. The molecule has 24 heavy (non-hydrogen) atoms. The van der Waals surface area contributed by atoms with Crippen LogP contribution in [0, 0.1) is 0 Å². The van der Waals surface area contributed by atoms with Crippen molar-refractivity contribution in [3.63, 3.8) is 0 Å². The minimum absolute atomic E-state index is 0.0204. The Labute approximate surface area is 140 Å². The number of rotatable bonds is 6. The molecule has 7 heteroatoms. The first-order valence-corrected chi connectivity index (χ1v) is 8.48. The number of ether oxygens (including phenoxy) is 3. The van der Waals surface area contributed by atoms with Crippen molar-refractivity contribution in [1.29, 1.82) is 0 Å². The average molecular weight is 350 g/mol. The van der Waals surface area contributed by atoms with E-state index in [1.54, 1.807) is 12.1 Å². The lowest BCUT2D eigenvalue weighted by molar-refractivity contribution is 0.323. The Bertz CT molecular complexity index is 813. The van der Waals surface area contributed by atoms with Crippen LogP contribution in [0.2, 0.25) is 0 Å². The molecule has 0 saturated heterocycles. The highest BCUT2D eigenvalue weighted by molar-refractivity contribution is 7.94. The maximum Gasteiger partial charge on any atom is 0.203 e. The fourth-order valence-electron chi connectivity index (χ4n) is 2.05. The maximum atomic E-state index is 12.5. The fraction of sp³-hybridized carbons (Fsp3) is 0.176. The predicted octanol–water partition coefficient (Wildman–Crippen LogP) is 2.86. The van der Waals surface area contributed by atoms with Gasteiger partial charge in [-0.15, -0.1) is 0 Å². The highest BCUT2D eigenvalue weighted by Gasteiger charge is 2.19. The van der Waals surface area contributed by atoms with Gasteiger partial charge in [-0.2, -0.15) is 0 Å². The summed E-state index contributed by atoms with van der Waals surface area (Å²) in [5.74, 6) is 0.947. The Morgan fingerprint density at radius 3 is 1.92 bits per heavy atom. The Balaban J connectivity index is 2.43. The smallest absolute Gasteiger partial charge is 0.203 e. The van der Waals surface area contributed by atoms with Crippen molar-refractivity contribution in [3.05, 3.63) is 47.4 Å². The molecule has 2 aromatic carbocycles. The zero-order valence-electron chi connectivity index (χ0n) is 13.5. The molecule has 2 rings (SSSR count). The van der Waals surface area contributed by atoms with E-state index in [2.05, 4.69) is 0 Å². The van der Waals surface area contributed by atoms with Gasteiger partial charge < -0.3 is 19.3 Å². The van der Waals surface area contributed by atoms with E-state index < -0.39 is 9.84 Å². The van der Waals surface area contributed by atoms with Crippen LogP contribution >= 0.6 is 0 Å². The third kappa shape index (κ3) is 3.80. The molecule has 1 N–H and O–H groups in total. The highest BCUT2D eigenvalue weighted by atomic mass is 32.2. The third-order valence-electron chi connectivity index (χ3n) is 3.30. The lowest BCUT2D eigenvalue weighted by atomic mass is 10.2. The molecular weight excluding hydrogens is 332 g/mol. The molecule has 0 saturated carbocycles. The van der Waals surface area contributed by atoms with Gasteiger partial charge in [0.2, 0.25) is 5.75 Å². The molecule has 0 spiro atoms. The van der Waals surface area contributed by atoms with Crippen molar-refractivity contribution in [2.24, 2.45) is 0 Å². The van der Waals surface area contributed by atoms with E-state index in [0.29, 0.717) is 11.3 Å². The van der Waals surface area contributed by atoms with Gasteiger partial charge in [0.15, 0.2) is 21.3 Å². The van der Waals surface area contributed by atoms with Gasteiger partial charge in [0.1, 0.15) is 5.75 Å². The summed E-state index contributed by atoms with van der Waals surface area (Å²) in [6.45, 7) is 0. The second kappa shape index (κ2) is 7.27. The molecule has 0 unspecified atom stereocenters. The van der Waals surface area contributed by atoms with Crippen molar-refractivity contribution < 1.29 is 27.7 Å². The molecule has 128 valence electrons. The van der Waals surface area contributed by atoms with E-state index in [0.717, 1.165) is 5.41 Å². The van der Waals surface area contributed by atoms with Crippen molar-refractivity contribution >= 4 is 15.9 Å². The van der Waals surface area contributed by atoms with Gasteiger partial charge in [-0.1, -0.05) is 12.1 Å². The van der Waals surface area contributed by atoms with Crippen molar-refractivity contribution in [3.8, 4) is 23.0 Å². The third-order valence-corrected chi connectivity index (χ3v) is 4.69. The Morgan fingerprint density at radius 2 is 1.46 bits per heavy atom. The summed E-state index contributed by atoms with van der Waals surface area (Å²) in [7, 11) is 0.560. The maximum absolute atomic E-state index is 12.5. The Morgan fingerprint density at radius 1 is 0.917 bits per heavy atom. The molecule has 0 heterocycles. The lowest BCUT2D eigenvalue weighted by Gasteiger charge is -2.13. The van der Waals surface area contributed by atoms with Crippen molar-refractivity contribution in [2.45, 2.75) is 4.90 Å². The normalized spacial score (nSPS) is 11.5. The summed E-state index contributed by atoms with van der Waals surface area (Å²) in [6, 6.07) is 8.92. The van der Waals surface area contributed by atoms with Crippen LogP contribution in [0.3, 0.4) is 0 Å². The van der Waals surface area contributed by atoms with Crippen LogP contribution in [0.5, 0.6) is 23.0 Å². The molecule has 2 aromatic rings. The zero-order valence-corrected chi connectivity index (χ0v) is 14.3. The number of methoxy groups -OCH3 is 3. The number of sulfone groups is 1. The minimum atomic E-state index is -3.72. The molecule has 0 aliphatic carbocycles. The topological polar surface area (TPSA) is 82.1 Å². The molecule has 0 fully saturated rings. The summed E-state index contributed by atoms with van der Waals surface area (Å²) >= 11 is 0. The van der Waals surface area contributed by atoms with Crippen LogP contribution in [0.15, 0.2) is 46.7 Å². The SMILES string of the molecule is COc1cc(S(=O)(=O)C=Cc2ccc(O)cc2)cc(OC)c1OC. The Kier molecular flexibility index (Phi) is 5.35. The summed E-state index contributed by atoms with van der Waals surface area (Å²) in [5.41, 5.74) is 0.642. The van der Waals surface area contributed by atoms with Gasteiger partial charge in [0, 0.05) is 17.5 Å². The first-order chi connectivity index (χ1) is 11.4. The van der Waals surface area contributed by atoms with E-state index in [1.807, 2.05) is 0 Å². The largest absolute Gasteiger partial charge is 0.508 e. The van der Waals surface area contributed by atoms with Gasteiger partial charge in [-0.3, -0.25) is 0 Å². The molecule has 0 radical (unpaired) electrons. The van der Waals surface area contributed by atoms with E-state index >= 15 is 0 Å². The highest BCUT2D eigenvalue weighted by Crippen LogP contribution is 2.39. The molecule has 0 aliphatic rings. The molecular formula is C17H18O6S. The van der Waals surface area contributed by atoms with Crippen LogP contribution in [0.4, 0.5) is 0 Å². The van der Waals surface area contributed by atoms with E-state index in [4.69, 9.17) is 14.2 Å². The standard InChI is InChI=1S/C17H18O6S/c1-21-15-10-14(11-16(22-2)17(15)23-3)24(19,20)9-8-12-4-6-13(18)7-5-12/h4-11,18H,1-3H3. The van der Waals surface area contributed by atoms with Gasteiger partial charge in [0.05, 0.1) is 26.2 Å². The van der Waals surface area contributed by atoms with Crippen molar-refractivity contribution in [2.75, 3.05) is 21.3 Å². The Hall–Kier alpha value is -2.67. The summed E-state index contributed by atoms with van der Waals surface area (Å²) in [5, 5.41) is 10.3. The molecule has 0 atom stereocenters. The predicted molar refractivity (Wildman–Crippen MR) is 90.4 cm³/mol. The summed E-state index contributed by atoms with van der Waals surface area (Å²) in [6.07, 6.45) is 1.44. The number of phenolic OH excluding ortho intramolecular Hbond substituents is 1. The lowest BCUT2D eigenvalue weighted by Crippen LogP contribution is -2.01. The first kappa shape index (κ1) is 17.7. The second-order valence-corrected chi connectivity index (χ2v) is 6.63. The molecule has 6 nitrogen and oxygen atoms in total. The monoisotopic (exact) mass is 350 g/mol. The molecule has 0 aliphatic heterocycles. The van der Waals surface area contributed by atoms with Crippen LogP contribution in [-0.4, -0.2) is 34.9 Å². The van der Waals surface area contributed by atoms with Gasteiger partial charge in [0.25, 0.3) is 0 Å². The van der Waals surface area contributed by atoms with Gasteiger partial charge >= 0.3 is 0 Å². The van der Waals surface area contributed by atoms with Crippen LogP contribution in [0.1, 0.15) is 5.56 Å². The van der Waals surface area contributed by atoms with E-state index in [-0.39, 0.29) is 22.1 Å². The van der Waals surface area contributed by atoms with E-state index in [1.165, 1.54) is 51.7 Å². The number of aromatic hydroxyl groups is 1. The van der Waals surface area contributed by atoms with Crippen LogP contribution < -0.4 is 14.2 Å². The minimum Gasteiger partial charge on any atom is -0.508 e. The average Bonchev–Trinajstić information content (AvgIpc) is 2.59. The fourth-order valence-corrected chi connectivity index (χ4v) is 3.09. The number of hydrogen-bond donors (Lipinski definition) is 1. The van der Waals surface area contributed by atoms with Gasteiger partial charge in [-0.05, 0) is 23.8 Å². The number of phenols is 1. The number of benzene rings is 2. The van der Waals surface area contributed by atoms with Crippen molar-refractivity contribution in [1.82, 2.24) is 0 Å². The molecule has 0 aromatic heterocycles. The van der Waals surface area contributed by atoms with E-state index in [9.17, 15) is 13.5 Å².